The van der Waals surface area contributed by atoms with Crippen LogP contribution in [0.4, 0.5) is 14.5 Å². The van der Waals surface area contributed by atoms with Gasteiger partial charge in [-0.1, -0.05) is 48.5 Å². The summed E-state index contributed by atoms with van der Waals surface area (Å²) < 4.78 is 26.7. The predicted octanol–water partition coefficient (Wildman–Crippen LogP) is 4.68. The largest absolute Gasteiger partial charge is 0.329 e. The molecule has 1 aliphatic rings. The van der Waals surface area contributed by atoms with Crippen molar-refractivity contribution in [2.45, 2.75) is 0 Å². The second kappa shape index (κ2) is 6.65. The fraction of sp³-hybridized carbons (Fsp3) is 0. The molecule has 2 N–H and O–H groups in total. The van der Waals surface area contributed by atoms with E-state index in [4.69, 9.17) is 12.2 Å². The first-order valence-corrected chi connectivity index (χ1v) is 8.33. The molecule has 3 aromatic carbocycles. The van der Waals surface area contributed by atoms with Gasteiger partial charge in [-0.05, 0) is 35.5 Å². The van der Waals surface area contributed by atoms with Crippen molar-refractivity contribution in [3.05, 3.63) is 89.5 Å². The normalized spacial score (nSPS) is 11.5. The Kier molecular flexibility index (Phi) is 4.18. The lowest BCUT2D eigenvalue weighted by Gasteiger charge is -2.09. The Hall–Kier alpha value is -3.12. The van der Waals surface area contributed by atoms with Gasteiger partial charge in [-0.2, -0.15) is 5.10 Å². The number of nitrogens with zero attached hydrogens (tertiary/aromatic N) is 1. The maximum Gasteiger partial charge on any atom is 0.191 e. The van der Waals surface area contributed by atoms with Gasteiger partial charge in [0.25, 0.3) is 0 Å². The van der Waals surface area contributed by atoms with Crippen molar-refractivity contribution in [2.75, 3.05) is 5.32 Å². The van der Waals surface area contributed by atoms with Crippen LogP contribution >= 0.6 is 12.2 Å². The van der Waals surface area contributed by atoms with Crippen molar-refractivity contribution in [2.24, 2.45) is 5.10 Å². The van der Waals surface area contributed by atoms with Crippen LogP contribution in [0.2, 0.25) is 0 Å². The number of halogens is 2. The van der Waals surface area contributed by atoms with Gasteiger partial charge in [-0.25, -0.2) is 8.78 Å². The highest BCUT2D eigenvalue weighted by atomic mass is 32.1. The van der Waals surface area contributed by atoms with Gasteiger partial charge in [0.2, 0.25) is 0 Å². The highest BCUT2D eigenvalue weighted by Gasteiger charge is 2.24. The smallest absolute Gasteiger partial charge is 0.191 e. The second-order valence-electron chi connectivity index (χ2n) is 5.74. The monoisotopic (exact) mass is 365 g/mol. The van der Waals surface area contributed by atoms with Gasteiger partial charge in [-0.15, -0.1) is 0 Å². The standard InChI is InChI=1S/C20H13F2N3S/c21-12-9-10-18(17(22)11-12)23-20(26)25-24-19-15-7-3-1-5-13(15)14-6-2-4-8-16(14)19/h1-11H,(H2,23,25,26). The summed E-state index contributed by atoms with van der Waals surface area (Å²) >= 11 is 5.17. The van der Waals surface area contributed by atoms with Gasteiger partial charge in [-0.3, -0.25) is 5.43 Å². The van der Waals surface area contributed by atoms with Gasteiger partial charge >= 0.3 is 0 Å². The molecule has 3 aromatic rings. The quantitative estimate of drug-likeness (QED) is 0.400. The zero-order chi connectivity index (χ0) is 18.1. The summed E-state index contributed by atoms with van der Waals surface area (Å²) in [5.41, 5.74) is 7.79. The van der Waals surface area contributed by atoms with E-state index in [0.717, 1.165) is 40.1 Å². The van der Waals surface area contributed by atoms with Crippen LogP contribution in [0.25, 0.3) is 11.1 Å². The molecule has 26 heavy (non-hydrogen) atoms. The van der Waals surface area contributed by atoms with E-state index in [1.807, 2.05) is 48.5 Å². The third-order valence-electron chi connectivity index (χ3n) is 4.10. The van der Waals surface area contributed by atoms with E-state index in [2.05, 4.69) is 15.8 Å². The Morgan fingerprint density at radius 2 is 1.38 bits per heavy atom. The first-order chi connectivity index (χ1) is 12.6. The van der Waals surface area contributed by atoms with Crippen LogP contribution in [0.1, 0.15) is 11.1 Å². The molecule has 0 unspecified atom stereocenters. The van der Waals surface area contributed by atoms with Crippen LogP contribution < -0.4 is 10.7 Å². The lowest BCUT2D eigenvalue weighted by Crippen LogP contribution is -2.25. The molecule has 3 nitrogen and oxygen atoms in total. The molecule has 0 fully saturated rings. The molecule has 0 saturated carbocycles. The summed E-state index contributed by atoms with van der Waals surface area (Å²) in [6.07, 6.45) is 0. The molecule has 0 heterocycles. The first-order valence-electron chi connectivity index (χ1n) is 7.92. The van der Waals surface area contributed by atoms with Crippen LogP contribution in [0.3, 0.4) is 0 Å². The molecule has 0 aromatic heterocycles. The second-order valence-corrected chi connectivity index (χ2v) is 6.15. The summed E-state index contributed by atoms with van der Waals surface area (Å²) in [5.74, 6) is -1.37. The molecule has 0 aliphatic heterocycles. The van der Waals surface area contributed by atoms with E-state index in [0.29, 0.717) is 0 Å². The molecule has 1 aliphatic carbocycles. The van der Waals surface area contributed by atoms with Crippen LogP contribution in [-0.4, -0.2) is 10.8 Å². The predicted molar refractivity (Wildman–Crippen MR) is 103 cm³/mol. The van der Waals surface area contributed by atoms with Crippen LogP contribution in [0.5, 0.6) is 0 Å². The van der Waals surface area contributed by atoms with E-state index in [9.17, 15) is 8.78 Å². The van der Waals surface area contributed by atoms with Gasteiger partial charge in [0.1, 0.15) is 11.6 Å². The zero-order valence-electron chi connectivity index (χ0n) is 13.5. The van der Waals surface area contributed by atoms with Crippen LogP contribution in [0, 0.1) is 11.6 Å². The fourth-order valence-corrected chi connectivity index (χ4v) is 3.12. The minimum absolute atomic E-state index is 0.0799. The van der Waals surface area contributed by atoms with Crippen LogP contribution in [-0.2, 0) is 0 Å². The summed E-state index contributed by atoms with van der Waals surface area (Å²) in [5, 5.41) is 7.21. The Balaban J connectivity index is 1.60. The molecule has 0 atom stereocenters. The summed E-state index contributed by atoms with van der Waals surface area (Å²) in [4.78, 5) is 0. The number of nitrogens with one attached hydrogen (secondary N) is 2. The fourth-order valence-electron chi connectivity index (χ4n) is 2.96. The molecular formula is C20H13F2N3S. The van der Waals surface area contributed by atoms with Crippen molar-refractivity contribution in [3.63, 3.8) is 0 Å². The molecule has 128 valence electrons. The third kappa shape index (κ3) is 2.95. The van der Waals surface area contributed by atoms with E-state index in [-0.39, 0.29) is 10.8 Å². The van der Waals surface area contributed by atoms with E-state index in [1.54, 1.807) is 0 Å². The summed E-state index contributed by atoms with van der Waals surface area (Å²) in [6.45, 7) is 0. The summed E-state index contributed by atoms with van der Waals surface area (Å²) in [6, 6.07) is 19.2. The van der Waals surface area contributed by atoms with Gasteiger partial charge in [0.15, 0.2) is 5.11 Å². The van der Waals surface area contributed by atoms with Crippen molar-refractivity contribution in [1.82, 2.24) is 5.43 Å². The van der Waals surface area contributed by atoms with E-state index >= 15 is 0 Å². The average molecular weight is 365 g/mol. The molecule has 4 rings (SSSR count). The molecule has 0 saturated heterocycles. The number of fused-ring (bicyclic) bond motifs is 3. The van der Waals surface area contributed by atoms with Crippen molar-refractivity contribution in [3.8, 4) is 11.1 Å². The minimum atomic E-state index is -0.724. The first kappa shape index (κ1) is 16.4. The Bertz CT molecular complexity index is 999. The number of hydrogen-bond acceptors (Lipinski definition) is 2. The molecule has 0 bridgehead atoms. The number of benzene rings is 3. The lowest BCUT2D eigenvalue weighted by atomic mass is 10.1. The van der Waals surface area contributed by atoms with Gasteiger partial charge < -0.3 is 5.32 Å². The Morgan fingerprint density at radius 1 is 0.808 bits per heavy atom. The number of anilines is 1. The van der Waals surface area contributed by atoms with Crippen molar-refractivity contribution < 1.29 is 8.78 Å². The van der Waals surface area contributed by atoms with Crippen molar-refractivity contribution in [1.29, 1.82) is 0 Å². The summed E-state index contributed by atoms with van der Waals surface area (Å²) in [7, 11) is 0. The number of hydrogen-bond donors (Lipinski definition) is 2. The van der Waals surface area contributed by atoms with E-state index in [1.165, 1.54) is 6.07 Å². The van der Waals surface area contributed by atoms with Crippen LogP contribution in [0.15, 0.2) is 71.8 Å². The maximum absolute atomic E-state index is 13.7. The van der Waals surface area contributed by atoms with E-state index < -0.39 is 11.6 Å². The molecule has 6 heteroatoms. The lowest BCUT2D eigenvalue weighted by molar-refractivity contribution is 0.586. The topological polar surface area (TPSA) is 36.4 Å². The Morgan fingerprint density at radius 3 is 1.96 bits per heavy atom. The Labute approximate surface area is 154 Å². The number of rotatable bonds is 2. The highest BCUT2D eigenvalue weighted by Crippen LogP contribution is 2.36. The molecule has 0 radical (unpaired) electrons. The third-order valence-corrected chi connectivity index (χ3v) is 4.30. The minimum Gasteiger partial charge on any atom is -0.329 e. The van der Waals surface area contributed by atoms with Gasteiger partial charge in [0.05, 0.1) is 11.4 Å². The van der Waals surface area contributed by atoms with Gasteiger partial charge in [0, 0.05) is 17.2 Å². The number of hydrazone groups is 1. The highest BCUT2D eigenvalue weighted by molar-refractivity contribution is 7.80. The maximum atomic E-state index is 13.7. The number of thiocarbonyl (C=S) groups is 1. The zero-order valence-corrected chi connectivity index (χ0v) is 14.3. The molecular weight excluding hydrogens is 352 g/mol. The SMILES string of the molecule is Fc1ccc(NC(=S)NN=C2c3ccccc3-c3ccccc32)c(F)c1. The van der Waals surface area contributed by atoms with Crippen molar-refractivity contribution >= 4 is 28.7 Å². The average Bonchev–Trinajstić information content (AvgIpc) is 2.96. The molecule has 0 spiro atoms. The molecule has 0 amide bonds.